The molecule has 1 aliphatic rings. The van der Waals surface area contributed by atoms with Gasteiger partial charge in [0.15, 0.2) is 5.54 Å². The van der Waals surface area contributed by atoms with Gasteiger partial charge in [0.25, 0.3) is 0 Å². The van der Waals surface area contributed by atoms with Crippen molar-refractivity contribution < 1.29 is 43.9 Å². The topological polar surface area (TPSA) is 144 Å². The second-order valence-electron chi connectivity index (χ2n) is 8.62. The van der Waals surface area contributed by atoms with Crippen LogP contribution in [0.2, 0.25) is 0 Å². The maximum Gasteiger partial charge on any atom is 0.332 e. The monoisotopic (exact) mass is 543 g/mol. The largest absolute Gasteiger partial charge is 0.507 e. The van der Waals surface area contributed by atoms with Crippen LogP contribution in [-0.4, -0.2) is 90.3 Å². The highest BCUT2D eigenvalue weighted by Crippen LogP contribution is 2.35. The van der Waals surface area contributed by atoms with Crippen LogP contribution >= 0.6 is 11.8 Å². The summed E-state index contributed by atoms with van der Waals surface area (Å²) in [4.78, 5) is 25.9. The number of aliphatic carboxylic acids is 2. The van der Waals surface area contributed by atoms with Crippen molar-refractivity contribution in [3.05, 3.63) is 23.8 Å². The molecule has 1 aliphatic heterocycles. The summed E-state index contributed by atoms with van der Waals surface area (Å²) in [6.45, 7) is 8.36. The fourth-order valence-electron chi connectivity index (χ4n) is 3.16. The van der Waals surface area contributed by atoms with Crippen molar-refractivity contribution in [1.82, 2.24) is 0 Å². The van der Waals surface area contributed by atoms with Crippen molar-refractivity contribution in [1.29, 1.82) is 0 Å². The van der Waals surface area contributed by atoms with E-state index in [2.05, 4.69) is 11.9 Å². The predicted octanol–water partition coefficient (Wildman–Crippen LogP) is 4.07. The molecule has 1 heterocycles. The molecule has 0 radical (unpaired) electrons. The molecule has 2 rings (SSSR count). The standard InChI is InChI=1S/C18H25NO7S.C8H16O2/c1-18(17(21)22)12-27-16(19-18)14-4-3-13(11-15(14)20)26-10-9-25-8-7-24-6-5-23-2;1-3-5-6-7(4-2)8(9)10/h3-4,11,20H,5-10,12H2,1-2H3,(H,21,22);7H,3-6H2,1-2H3,(H,9,10)/t18-;/m1./s1. The zero-order valence-electron chi connectivity index (χ0n) is 22.2. The Bertz CT molecular complexity index is 864. The second-order valence-corrected chi connectivity index (χ2v) is 9.58. The number of phenolic OH excluding ortho intramolecular Hbond substituents is 1. The number of carbonyl (C=O) groups is 2. The lowest BCUT2D eigenvalue weighted by Gasteiger charge is -2.12. The Balaban J connectivity index is 0.000000580. The molecule has 1 unspecified atom stereocenters. The summed E-state index contributed by atoms with van der Waals surface area (Å²) in [6, 6.07) is 4.87. The van der Waals surface area contributed by atoms with Gasteiger partial charge < -0.3 is 34.3 Å². The first-order chi connectivity index (χ1) is 17.7. The second kappa shape index (κ2) is 18.0. The third-order valence-corrected chi connectivity index (χ3v) is 6.84. The summed E-state index contributed by atoms with van der Waals surface area (Å²) in [5.74, 6) is -0.895. The van der Waals surface area contributed by atoms with Gasteiger partial charge in [-0.05, 0) is 31.9 Å². The van der Waals surface area contributed by atoms with Crippen LogP contribution in [0, 0.1) is 5.92 Å². The molecule has 0 spiro atoms. The van der Waals surface area contributed by atoms with Gasteiger partial charge in [0.05, 0.1) is 39.0 Å². The van der Waals surface area contributed by atoms with Gasteiger partial charge in [0.2, 0.25) is 0 Å². The number of carboxylic acid groups (broad SMARTS) is 2. The highest BCUT2D eigenvalue weighted by molar-refractivity contribution is 8.14. The van der Waals surface area contributed by atoms with Crippen LogP contribution < -0.4 is 4.74 Å². The molecule has 1 aromatic carbocycles. The number of hydrogen-bond acceptors (Lipinski definition) is 9. The van der Waals surface area contributed by atoms with Crippen LogP contribution in [0.5, 0.6) is 11.5 Å². The molecule has 0 fully saturated rings. The van der Waals surface area contributed by atoms with Gasteiger partial charge in [-0.2, -0.15) is 0 Å². The van der Waals surface area contributed by atoms with Crippen molar-refractivity contribution in [3.8, 4) is 11.5 Å². The number of unbranched alkanes of at least 4 members (excludes halogenated alkanes) is 1. The molecule has 210 valence electrons. The lowest BCUT2D eigenvalue weighted by atomic mass is 10.00. The molecule has 0 saturated heterocycles. The van der Waals surface area contributed by atoms with Gasteiger partial charge in [-0.3, -0.25) is 9.79 Å². The van der Waals surface area contributed by atoms with Crippen molar-refractivity contribution in [2.45, 2.75) is 52.0 Å². The Labute approximate surface area is 223 Å². The number of thioether (sulfide) groups is 1. The van der Waals surface area contributed by atoms with E-state index in [1.54, 1.807) is 26.2 Å². The summed E-state index contributed by atoms with van der Waals surface area (Å²) in [7, 11) is 1.62. The average Bonchev–Trinajstić information content (AvgIpc) is 3.27. The van der Waals surface area contributed by atoms with Gasteiger partial charge in [-0.25, -0.2) is 4.79 Å². The molecule has 3 N–H and O–H groups in total. The summed E-state index contributed by atoms with van der Waals surface area (Å²) in [5.41, 5.74) is -0.659. The van der Waals surface area contributed by atoms with Gasteiger partial charge >= 0.3 is 11.9 Å². The van der Waals surface area contributed by atoms with Crippen molar-refractivity contribution >= 4 is 28.7 Å². The number of aliphatic imine (C=N–C) groups is 1. The van der Waals surface area contributed by atoms with Crippen molar-refractivity contribution in [2.24, 2.45) is 10.9 Å². The molecule has 37 heavy (non-hydrogen) atoms. The summed E-state index contributed by atoms with van der Waals surface area (Å²) in [5, 5.41) is 28.6. The molecule has 0 bridgehead atoms. The molecule has 0 aromatic heterocycles. The first-order valence-corrected chi connectivity index (χ1v) is 13.5. The van der Waals surface area contributed by atoms with E-state index in [0.717, 1.165) is 25.7 Å². The minimum absolute atomic E-state index is 0.000787. The molecular formula is C26H41NO9S. The van der Waals surface area contributed by atoms with Crippen LogP contribution in [0.3, 0.4) is 0 Å². The van der Waals surface area contributed by atoms with E-state index in [1.165, 1.54) is 17.8 Å². The minimum atomic E-state index is -1.16. The first kappa shape index (κ1) is 32.7. The van der Waals surface area contributed by atoms with Crippen LogP contribution in [0.15, 0.2) is 23.2 Å². The van der Waals surface area contributed by atoms with Crippen molar-refractivity contribution in [2.75, 3.05) is 52.5 Å². The number of benzene rings is 1. The minimum Gasteiger partial charge on any atom is -0.507 e. The Morgan fingerprint density at radius 3 is 2.24 bits per heavy atom. The highest BCUT2D eigenvalue weighted by Gasteiger charge is 2.39. The van der Waals surface area contributed by atoms with Gasteiger partial charge in [0.1, 0.15) is 23.1 Å². The Morgan fingerprint density at radius 1 is 1.08 bits per heavy atom. The summed E-state index contributed by atoms with van der Waals surface area (Å²) in [6.07, 6.45) is 3.71. The Kier molecular flexibility index (Phi) is 15.9. The number of ether oxygens (including phenoxy) is 4. The highest BCUT2D eigenvalue weighted by atomic mass is 32.2. The molecule has 0 aliphatic carbocycles. The van der Waals surface area contributed by atoms with Gasteiger partial charge in [-0.15, -0.1) is 11.8 Å². The smallest absolute Gasteiger partial charge is 0.332 e. The molecule has 11 heteroatoms. The Morgan fingerprint density at radius 2 is 1.73 bits per heavy atom. The van der Waals surface area contributed by atoms with Gasteiger partial charge in [-0.1, -0.05) is 26.7 Å². The van der Waals surface area contributed by atoms with Crippen LogP contribution in [0.4, 0.5) is 0 Å². The van der Waals surface area contributed by atoms with E-state index in [4.69, 9.17) is 24.1 Å². The normalized spacial score (nSPS) is 17.5. The molecule has 0 saturated carbocycles. The number of carboxylic acids is 2. The molecule has 0 amide bonds. The number of phenols is 1. The number of nitrogens with zero attached hydrogens (tertiary/aromatic N) is 1. The quantitative estimate of drug-likeness (QED) is 0.246. The molecule has 1 aromatic rings. The molecular weight excluding hydrogens is 502 g/mol. The maximum atomic E-state index is 11.3. The van der Waals surface area contributed by atoms with E-state index in [9.17, 15) is 19.8 Å². The van der Waals surface area contributed by atoms with Crippen LogP contribution in [0.1, 0.15) is 52.0 Å². The van der Waals surface area contributed by atoms with E-state index >= 15 is 0 Å². The predicted molar refractivity (Wildman–Crippen MR) is 143 cm³/mol. The fraction of sp³-hybridized carbons (Fsp3) is 0.654. The number of methoxy groups -OCH3 is 1. The molecule has 10 nitrogen and oxygen atoms in total. The third kappa shape index (κ3) is 12.2. The zero-order valence-corrected chi connectivity index (χ0v) is 23.1. The van der Waals surface area contributed by atoms with E-state index in [0.29, 0.717) is 61.8 Å². The lowest BCUT2D eigenvalue weighted by molar-refractivity contribution is -0.142. The number of hydrogen-bond donors (Lipinski definition) is 3. The van der Waals surface area contributed by atoms with Crippen molar-refractivity contribution in [3.63, 3.8) is 0 Å². The number of rotatable bonds is 17. The van der Waals surface area contributed by atoms with Gasteiger partial charge in [0, 0.05) is 24.5 Å². The number of aromatic hydroxyl groups is 1. The van der Waals surface area contributed by atoms with Crippen LogP contribution in [0.25, 0.3) is 0 Å². The van der Waals surface area contributed by atoms with E-state index in [1.807, 2.05) is 6.92 Å². The average molecular weight is 544 g/mol. The third-order valence-electron chi connectivity index (χ3n) is 5.55. The maximum absolute atomic E-state index is 11.3. The van der Waals surface area contributed by atoms with E-state index < -0.39 is 17.5 Å². The summed E-state index contributed by atoms with van der Waals surface area (Å²) >= 11 is 1.31. The first-order valence-electron chi connectivity index (χ1n) is 12.5. The lowest BCUT2D eigenvalue weighted by Crippen LogP contribution is -2.33. The zero-order chi connectivity index (χ0) is 27.7. The Hall–Kier alpha value is -2.34. The van der Waals surface area contributed by atoms with E-state index in [-0.39, 0.29) is 11.7 Å². The SMILES string of the molecule is CCCCC(CC)C(=O)O.COCCOCCOCCOc1ccc(C2=N[C@@](C)(C(=O)O)CS2)c(O)c1. The summed E-state index contributed by atoms with van der Waals surface area (Å²) < 4.78 is 21.1. The van der Waals surface area contributed by atoms with Crippen LogP contribution in [-0.2, 0) is 23.8 Å². The molecule has 2 atom stereocenters. The fourth-order valence-corrected chi connectivity index (χ4v) is 4.36.